The van der Waals surface area contributed by atoms with E-state index in [1.807, 2.05) is 31.2 Å². The lowest BCUT2D eigenvalue weighted by Crippen LogP contribution is -2.15. The molecule has 5 nitrogen and oxygen atoms in total. The average molecular weight is 283 g/mol. The van der Waals surface area contributed by atoms with E-state index in [1.165, 1.54) is 0 Å². The van der Waals surface area contributed by atoms with Gasteiger partial charge in [-0.05, 0) is 24.1 Å². The standard InChI is InChI=1S/C16H17N3O2/c1-11-4-2-3-5-14(11)16(20)21-19-15(18)13-8-6-12(10-17)7-9-13/h2-9H,10,17H2,1H3,(H2,18,19). The van der Waals surface area contributed by atoms with Crippen LogP contribution in [0.4, 0.5) is 0 Å². The summed E-state index contributed by atoms with van der Waals surface area (Å²) in [5, 5.41) is 3.68. The van der Waals surface area contributed by atoms with Gasteiger partial charge in [0.25, 0.3) is 0 Å². The van der Waals surface area contributed by atoms with Gasteiger partial charge in [0, 0.05) is 12.1 Å². The second-order valence-corrected chi connectivity index (χ2v) is 4.57. The number of nitrogens with zero attached hydrogens (tertiary/aromatic N) is 1. The van der Waals surface area contributed by atoms with Crippen molar-refractivity contribution in [2.75, 3.05) is 0 Å². The zero-order valence-corrected chi connectivity index (χ0v) is 11.7. The SMILES string of the molecule is Cc1ccccc1C(=O)ON=C(N)c1ccc(CN)cc1. The summed E-state index contributed by atoms with van der Waals surface area (Å²) in [7, 11) is 0. The highest BCUT2D eigenvalue weighted by Crippen LogP contribution is 2.09. The van der Waals surface area contributed by atoms with Crippen LogP contribution < -0.4 is 11.5 Å². The fraction of sp³-hybridized carbons (Fsp3) is 0.125. The Labute approximate surface area is 123 Å². The van der Waals surface area contributed by atoms with Crippen LogP contribution >= 0.6 is 0 Å². The Morgan fingerprint density at radius 3 is 2.43 bits per heavy atom. The van der Waals surface area contributed by atoms with Crippen molar-refractivity contribution in [1.29, 1.82) is 0 Å². The van der Waals surface area contributed by atoms with Gasteiger partial charge in [-0.15, -0.1) is 0 Å². The number of oxime groups is 1. The number of hydrogen-bond donors (Lipinski definition) is 2. The highest BCUT2D eigenvalue weighted by molar-refractivity contribution is 5.98. The maximum Gasteiger partial charge on any atom is 0.366 e. The van der Waals surface area contributed by atoms with E-state index in [1.54, 1.807) is 24.3 Å². The molecule has 0 unspecified atom stereocenters. The second kappa shape index (κ2) is 6.67. The van der Waals surface area contributed by atoms with E-state index in [0.717, 1.165) is 11.1 Å². The molecule has 0 radical (unpaired) electrons. The van der Waals surface area contributed by atoms with E-state index >= 15 is 0 Å². The fourth-order valence-corrected chi connectivity index (χ4v) is 1.81. The van der Waals surface area contributed by atoms with Crippen molar-refractivity contribution in [2.24, 2.45) is 16.6 Å². The van der Waals surface area contributed by atoms with Crippen molar-refractivity contribution >= 4 is 11.8 Å². The molecule has 0 saturated heterocycles. The van der Waals surface area contributed by atoms with Crippen LogP contribution in [0.25, 0.3) is 0 Å². The number of rotatable bonds is 4. The summed E-state index contributed by atoms with van der Waals surface area (Å²) < 4.78 is 0. The maximum atomic E-state index is 11.9. The quantitative estimate of drug-likeness (QED) is 0.388. The Morgan fingerprint density at radius 1 is 1.14 bits per heavy atom. The first-order valence-corrected chi connectivity index (χ1v) is 6.51. The number of benzene rings is 2. The van der Waals surface area contributed by atoms with Crippen LogP contribution in [0.2, 0.25) is 0 Å². The largest absolute Gasteiger partial charge is 0.380 e. The number of carbonyl (C=O) groups is 1. The normalized spacial score (nSPS) is 11.2. The van der Waals surface area contributed by atoms with Crippen LogP contribution in [0.15, 0.2) is 53.7 Å². The van der Waals surface area contributed by atoms with Crippen molar-refractivity contribution in [3.05, 3.63) is 70.8 Å². The van der Waals surface area contributed by atoms with Crippen LogP contribution in [0.3, 0.4) is 0 Å². The molecular formula is C16H17N3O2. The predicted octanol–water partition coefficient (Wildman–Crippen LogP) is 1.93. The molecular weight excluding hydrogens is 266 g/mol. The molecule has 5 heteroatoms. The van der Waals surface area contributed by atoms with Gasteiger partial charge >= 0.3 is 5.97 Å². The Hall–Kier alpha value is -2.66. The molecule has 0 aliphatic rings. The lowest BCUT2D eigenvalue weighted by molar-refractivity contribution is 0.0515. The van der Waals surface area contributed by atoms with Gasteiger partial charge in [-0.3, -0.25) is 0 Å². The molecule has 0 bridgehead atoms. The molecule has 2 rings (SSSR count). The first-order chi connectivity index (χ1) is 10.1. The molecule has 108 valence electrons. The van der Waals surface area contributed by atoms with E-state index < -0.39 is 5.97 Å². The van der Waals surface area contributed by atoms with E-state index in [9.17, 15) is 4.79 Å². The van der Waals surface area contributed by atoms with Crippen molar-refractivity contribution in [3.63, 3.8) is 0 Å². The molecule has 2 aromatic carbocycles. The van der Waals surface area contributed by atoms with Crippen LogP contribution in [0.5, 0.6) is 0 Å². The summed E-state index contributed by atoms with van der Waals surface area (Å²) in [5.41, 5.74) is 14.3. The first-order valence-electron chi connectivity index (χ1n) is 6.51. The van der Waals surface area contributed by atoms with Gasteiger partial charge in [-0.25, -0.2) is 4.79 Å². The summed E-state index contributed by atoms with van der Waals surface area (Å²) in [5.74, 6) is -0.393. The lowest BCUT2D eigenvalue weighted by Gasteiger charge is -2.04. The maximum absolute atomic E-state index is 11.9. The lowest BCUT2D eigenvalue weighted by atomic mass is 10.1. The van der Waals surface area contributed by atoms with Crippen molar-refractivity contribution in [3.8, 4) is 0 Å². The fourth-order valence-electron chi connectivity index (χ4n) is 1.81. The third kappa shape index (κ3) is 3.67. The molecule has 0 aliphatic heterocycles. The van der Waals surface area contributed by atoms with Crippen LogP contribution in [0, 0.1) is 6.92 Å². The van der Waals surface area contributed by atoms with Crippen molar-refractivity contribution in [1.82, 2.24) is 0 Å². The number of amidine groups is 1. The van der Waals surface area contributed by atoms with Gasteiger partial charge in [0.1, 0.15) is 0 Å². The molecule has 0 aromatic heterocycles. The molecule has 0 fully saturated rings. The number of hydrogen-bond acceptors (Lipinski definition) is 4. The van der Waals surface area contributed by atoms with Gasteiger partial charge in [-0.1, -0.05) is 47.6 Å². The topological polar surface area (TPSA) is 90.7 Å². The summed E-state index contributed by atoms with van der Waals surface area (Å²) in [4.78, 5) is 16.8. The molecule has 0 heterocycles. The van der Waals surface area contributed by atoms with Gasteiger partial charge in [0.2, 0.25) is 0 Å². The molecule has 0 saturated carbocycles. The van der Waals surface area contributed by atoms with Crippen LogP contribution in [-0.4, -0.2) is 11.8 Å². The summed E-state index contributed by atoms with van der Waals surface area (Å²) in [6.07, 6.45) is 0. The molecule has 0 amide bonds. The Morgan fingerprint density at radius 2 is 1.81 bits per heavy atom. The average Bonchev–Trinajstić information content (AvgIpc) is 2.52. The van der Waals surface area contributed by atoms with Crippen molar-refractivity contribution < 1.29 is 9.63 Å². The Kier molecular flexibility index (Phi) is 4.68. The summed E-state index contributed by atoms with van der Waals surface area (Å²) in [6.45, 7) is 2.29. The number of aryl methyl sites for hydroxylation is 1. The summed E-state index contributed by atoms with van der Waals surface area (Å²) >= 11 is 0. The second-order valence-electron chi connectivity index (χ2n) is 4.57. The molecule has 2 aromatic rings. The minimum atomic E-state index is -0.533. The smallest absolute Gasteiger partial charge is 0.366 e. The minimum absolute atomic E-state index is 0.139. The van der Waals surface area contributed by atoms with Gasteiger partial charge < -0.3 is 16.3 Å². The molecule has 0 spiro atoms. The van der Waals surface area contributed by atoms with Gasteiger partial charge in [0.15, 0.2) is 5.84 Å². The van der Waals surface area contributed by atoms with Gasteiger partial charge in [-0.2, -0.15) is 0 Å². The van der Waals surface area contributed by atoms with Crippen molar-refractivity contribution in [2.45, 2.75) is 13.5 Å². The Bertz CT molecular complexity index is 663. The first kappa shape index (κ1) is 14.7. The minimum Gasteiger partial charge on any atom is -0.380 e. The predicted molar refractivity (Wildman–Crippen MR) is 81.7 cm³/mol. The number of carbonyl (C=O) groups excluding carboxylic acids is 1. The molecule has 4 N–H and O–H groups in total. The molecule has 0 aliphatic carbocycles. The monoisotopic (exact) mass is 283 g/mol. The highest BCUT2D eigenvalue weighted by Gasteiger charge is 2.10. The molecule has 0 atom stereocenters. The highest BCUT2D eigenvalue weighted by atomic mass is 16.7. The van der Waals surface area contributed by atoms with E-state index in [-0.39, 0.29) is 5.84 Å². The van der Waals surface area contributed by atoms with Crippen LogP contribution in [0.1, 0.15) is 27.0 Å². The zero-order valence-electron chi connectivity index (χ0n) is 11.7. The van der Waals surface area contributed by atoms with Crippen LogP contribution in [-0.2, 0) is 11.4 Å². The third-order valence-corrected chi connectivity index (χ3v) is 3.08. The third-order valence-electron chi connectivity index (χ3n) is 3.08. The molecule has 21 heavy (non-hydrogen) atoms. The van der Waals surface area contributed by atoms with E-state index in [0.29, 0.717) is 17.7 Å². The number of nitrogens with two attached hydrogens (primary N) is 2. The zero-order chi connectivity index (χ0) is 15.2. The Balaban J connectivity index is 2.09. The van der Waals surface area contributed by atoms with Gasteiger partial charge in [0.05, 0.1) is 5.56 Å². The van der Waals surface area contributed by atoms with E-state index in [4.69, 9.17) is 16.3 Å². The summed E-state index contributed by atoms with van der Waals surface area (Å²) in [6, 6.07) is 14.4. The van der Waals surface area contributed by atoms with E-state index in [2.05, 4.69) is 5.16 Å².